The molecule has 0 aromatic rings. The SMILES string of the molecule is COCCCC(=O)NC1C2CNCC21. The third-order valence-electron chi connectivity index (χ3n) is 3.17. The lowest BCUT2D eigenvalue weighted by Crippen LogP contribution is -2.32. The largest absolute Gasteiger partial charge is 0.385 e. The molecule has 4 nitrogen and oxygen atoms in total. The maximum absolute atomic E-state index is 11.4. The molecule has 1 aliphatic heterocycles. The summed E-state index contributed by atoms with van der Waals surface area (Å²) in [5.74, 6) is 1.60. The second-order valence-electron chi connectivity index (χ2n) is 4.18. The number of rotatable bonds is 5. The van der Waals surface area contributed by atoms with Crippen LogP contribution in [0.1, 0.15) is 12.8 Å². The molecule has 2 fully saturated rings. The number of methoxy groups -OCH3 is 1. The molecule has 0 bridgehead atoms. The lowest BCUT2D eigenvalue weighted by atomic mass is 10.3. The molecule has 0 spiro atoms. The number of ether oxygens (including phenoxy) is 1. The quantitative estimate of drug-likeness (QED) is 0.599. The van der Waals surface area contributed by atoms with Crippen LogP contribution in [0.5, 0.6) is 0 Å². The third-order valence-corrected chi connectivity index (χ3v) is 3.17. The first-order valence-corrected chi connectivity index (χ1v) is 5.32. The molecule has 0 aromatic heterocycles. The minimum absolute atomic E-state index is 0.182. The van der Waals surface area contributed by atoms with E-state index in [4.69, 9.17) is 4.74 Å². The molecule has 1 aliphatic carbocycles. The van der Waals surface area contributed by atoms with E-state index in [2.05, 4.69) is 10.6 Å². The highest BCUT2D eigenvalue weighted by atomic mass is 16.5. The maximum atomic E-state index is 11.4. The third kappa shape index (κ3) is 2.07. The van der Waals surface area contributed by atoms with Gasteiger partial charge < -0.3 is 15.4 Å². The summed E-state index contributed by atoms with van der Waals surface area (Å²) in [6.45, 7) is 2.83. The van der Waals surface area contributed by atoms with Gasteiger partial charge in [-0.3, -0.25) is 4.79 Å². The van der Waals surface area contributed by atoms with Crippen LogP contribution < -0.4 is 10.6 Å². The van der Waals surface area contributed by atoms with Crippen molar-refractivity contribution in [3.05, 3.63) is 0 Å². The number of hydrogen-bond donors (Lipinski definition) is 2. The molecule has 1 heterocycles. The molecule has 2 unspecified atom stereocenters. The van der Waals surface area contributed by atoms with Gasteiger partial charge in [0.15, 0.2) is 0 Å². The second kappa shape index (κ2) is 4.28. The maximum Gasteiger partial charge on any atom is 0.220 e. The number of hydrogen-bond acceptors (Lipinski definition) is 3. The molecule has 2 N–H and O–H groups in total. The van der Waals surface area contributed by atoms with Gasteiger partial charge in [-0.2, -0.15) is 0 Å². The van der Waals surface area contributed by atoms with Gasteiger partial charge in [0.1, 0.15) is 0 Å². The van der Waals surface area contributed by atoms with Gasteiger partial charge in [0.05, 0.1) is 0 Å². The van der Waals surface area contributed by atoms with Gasteiger partial charge in [-0.25, -0.2) is 0 Å². The first kappa shape index (κ1) is 9.93. The van der Waals surface area contributed by atoms with Crippen molar-refractivity contribution in [2.24, 2.45) is 11.8 Å². The summed E-state index contributed by atoms with van der Waals surface area (Å²) in [6, 6.07) is 0.464. The van der Waals surface area contributed by atoms with Crippen molar-refractivity contribution < 1.29 is 9.53 Å². The molecule has 1 saturated heterocycles. The standard InChI is InChI=1S/C10H18N2O2/c1-14-4-2-3-9(13)12-10-7-5-11-6-8(7)10/h7-8,10-11H,2-6H2,1H3,(H,12,13). The highest BCUT2D eigenvalue weighted by molar-refractivity contribution is 5.76. The predicted molar refractivity (Wildman–Crippen MR) is 52.9 cm³/mol. The van der Waals surface area contributed by atoms with Gasteiger partial charge in [-0.1, -0.05) is 0 Å². The number of piperidine rings is 1. The van der Waals surface area contributed by atoms with E-state index in [1.54, 1.807) is 7.11 Å². The summed E-state index contributed by atoms with van der Waals surface area (Å²) < 4.78 is 4.90. The predicted octanol–water partition coefficient (Wildman–Crippen LogP) is -0.253. The minimum atomic E-state index is 0.182. The van der Waals surface area contributed by atoms with Crippen molar-refractivity contribution in [1.29, 1.82) is 0 Å². The van der Waals surface area contributed by atoms with Crippen LogP contribution in [0.25, 0.3) is 0 Å². The monoisotopic (exact) mass is 198 g/mol. The van der Waals surface area contributed by atoms with Crippen molar-refractivity contribution in [1.82, 2.24) is 10.6 Å². The van der Waals surface area contributed by atoms with Crippen molar-refractivity contribution >= 4 is 5.91 Å². The highest BCUT2D eigenvalue weighted by Gasteiger charge is 2.53. The molecule has 2 atom stereocenters. The van der Waals surface area contributed by atoms with Gasteiger partial charge in [0.2, 0.25) is 5.91 Å². The van der Waals surface area contributed by atoms with Gasteiger partial charge in [-0.15, -0.1) is 0 Å². The number of amides is 1. The Balaban J connectivity index is 1.59. The lowest BCUT2D eigenvalue weighted by Gasteiger charge is -2.07. The number of nitrogens with one attached hydrogen (secondary N) is 2. The summed E-state index contributed by atoms with van der Waals surface area (Å²) in [7, 11) is 1.66. The van der Waals surface area contributed by atoms with Crippen LogP contribution in [0.15, 0.2) is 0 Å². The van der Waals surface area contributed by atoms with Crippen LogP contribution in [0.3, 0.4) is 0 Å². The van der Waals surface area contributed by atoms with E-state index in [-0.39, 0.29) is 5.91 Å². The van der Waals surface area contributed by atoms with E-state index in [9.17, 15) is 4.79 Å². The van der Waals surface area contributed by atoms with Gasteiger partial charge in [0, 0.05) is 39.3 Å². The van der Waals surface area contributed by atoms with Gasteiger partial charge in [-0.05, 0) is 18.3 Å². The van der Waals surface area contributed by atoms with Crippen molar-refractivity contribution in [2.75, 3.05) is 26.8 Å². The van der Waals surface area contributed by atoms with Crippen LogP contribution in [-0.2, 0) is 9.53 Å². The summed E-state index contributed by atoms with van der Waals surface area (Å²) >= 11 is 0. The molecule has 0 radical (unpaired) electrons. The van der Waals surface area contributed by atoms with Crippen LogP contribution in [-0.4, -0.2) is 38.8 Å². The van der Waals surface area contributed by atoms with E-state index in [0.717, 1.165) is 19.5 Å². The molecule has 80 valence electrons. The Kier molecular flexibility index (Phi) is 3.03. The van der Waals surface area contributed by atoms with E-state index in [1.165, 1.54) is 0 Å². The fourth-order valence-corrected chi connectivity index (χ4v) is 2.27. The fourth-order valence-electron chi connectivity index (χ4n) is 2.27. The molecule has 1 saturated carbocycles. The zero-order chi connectivity index (χ0) is 9.97. The Bertz CT molecular complexity index is 210. The van der Waals surface area contributed by atoms with Crippen LogP contribution in [0.2, 0.25) is 0 Å². The van der Waals surface area contributed by atoms with Crippen molar-refractivity contribution in [2.45, 2.75) is 18.9 Å². The van der Waals surface area contributed by atoms with E-state index < -0.39 is 0 Å². The summed E-state index contributed by atoms with van der Waals surface area (Å²) in [5.41, 5.74) is 0. The lowest BCUT2D eigenvalue weighted by molar-refractivity contribution is -0.121. The second-order valence-corrected chi connectivity index (χ2v) is 4.18. The number of fused-ring (bicyclic) bond motifs is 1. The first-order valence-electron chi connectivity index (χ1n) is 5.32. The fraction of sp³-hybridized carbons (Fsp3) is 0.900. The van der Waals surface area contributed by atoms with Crippen molar-refractivity contribution in [3.63, 3.8) is 0 Å². The first-order chi connectivity index (χ1) is 6.83. The van der Waals surface area contributed by atoms with Crippen molar-refractivity contribution in [3.8, 4) is 0 Å². The molecule has 0 aromatic carbocycles. The Hall–Kier alpha value is -0.610. The summed E-state index contributed by atoms with van der Waals surface area (Å²) in [4.78, 5) is 11.4. The minimum Gasteiger partial charge on any atom is -0.385 e. The Morgan fingerprint density at radius 2 is 2.21 bits per heavy atom. The average Bonchev–Trinajstić information content (AvgIpc) is 2.64. The van der Waals surface area contributed by atoms with E-state index in [0.29, 0.717) is 30.9 Å². The Morgan fingerprint density at radius 3 is 2.86 bits per heavy atom. The molecule has 1 amide bonds. The highest BCUT2D eigenvalue weighted by Crippen LogP contribution is 2.41. The molecule has 4 heteroatoms. The molecule has 2 aliphatic rings. The summed E-state index contributed by atoms with van der Waals surface area (Å²) in [5, 5.41) is 6.39. The zero-order valence-electron chi connectivity index (χ0n) is 8.58. The number of carbonyl (C=O) groups excluding carboxylic acids is 1. The molecule has 14 heavy (non-hydrogen) atoms. The summed E-state index contributed by atoms with van der Waals surface area (Å²) in [6.07, 6.45) is 1.42. The van der Waals surface area contributed by atoms with Gasteiger partial charge in [0.25, 0.3) is 0 Å². The van der Waals surface area contributed by atoms with E-state index >= 15 is 0 Å². The zero-order valence-corrected chi connectivity index (χ0v) is 8.58. The van der Waals surface area contributed by atoms with Crippen LogP contribution >= 0.6 is 0 Å². The Morgan fingerprint density at radius 1 is 1.50 bits per heavy atom. The van der Waals surface area contributed by atoms with Crippen LogP contribution in [0.4, 0.5) is 0 Å². The molecule has 2 rings (SSSR count). The van der Waals surface area contributed by atoms with E-state index in [1.807, 2.05) is 0 Å². The normalized spacial score (nSPS) is 33.9. The average molecular weight is 198 g/mol. The number of carbonyl (C=O) groups is 1. The van der Waals surface area contributed by atoms with Gasteiger partial charge >= 0.3 is 0 Å². The topological polar surface area (TPSA) is 50.4 Å². The smallest absolute Gasteiger partial charge is 0.220 e. The Labute approximate surface area is 84.4 Å². The molecular weight excluding hydrogens is 180 g/mol. The van der Waals surface area contributed by atoms with Crippen LogP contribution in [0, 0.1) is 11.8 Å². The molecular formula is C10H18N2O2.